The van der Waals surface area contributed by atoms with Crippen LogP contribution in [0.5, 0.6) is 0 Å². The molecule has 0 spiro atoms. The lowest BCUT2D eigenvalue weighted by Gasteiger charge is -2.35. The van der Waals surface area contributed by atoms with Gasteiger partial charge in [0.1, 0.15) is 0 Å². The quantitative estimate of drug-likeness (QED) is 0.772. The summed E-state index contributed by atoms with van der Waals surface area (Å²) in [6.45, 7) is 10.4. The highest BCUT2D eigenvalue weighted by Crippen LogP contribution is 2.56. The molecule has 0 heterocycles. The maximum absolute atomic E-state index is 10.4. The second-order valence-electron chi connectivity index (χ2n) is 7.77. The minimum atomic E-state index is -0.859. The van der Waals surface area contributed by atoms with Gasteiger partial charge in [0.05, 0.1) is 11.7 Å². The van der Waals surface area contributed by atoms with Crippen molar-refractivity contribution in [3.8, 4) is 0 Å². The second-order valence-corrected chi connectivity index (χ2v) is 7.77. The Bertz CT molecular complexity index is 308. The van der Waals surface area contributed by atoms with Gasteiger partial charge in [-0.3, -0.25) is 0 Å². The number of hydrogen-bond acceptors (Lipinski definition) is 3. The zero-order valence-corrected chi connectivity index (χ0v) is 13.0. The summed E-state index contributed by atoms with van der Waals surface area (Å²) < 4.78 is 5.49. The van der Waals surface area contributed by atoms with E-state index in [2.05, 4.69) is 13.8 Å². The highest BCUT2D eigenvalue weighted by molar-refractivity contribution is 4.99. The lowest BCUT2D eigenvalue weighted by Crippen LogP contribution is -2.37. The summed E-state index contributed by atoms with van der Waals surface area (Å²) in [4.78, 5) is 0. The van der Waals surface area contributed by atoms with Gasteiger partial charge in [-0.2, -0.15) is 0 Å². The van der Waals surface area contributed by atoms with Crippen LogP contribution in [0.15, 0.2) is 0 Å². The van der Waals surface area contributed by atoms with Crippen molar-refractivity contribution in [1.29, 1.82) is 0 Å². The van der Waals surface area contributed by atoms with E-state index in [0.29, 0.717) is 24.2 Å². The van der Waals surface area contributed by atoms with Crippen LogP contribution in [0.4, 0.5) is 0 Å². The smallest absolute Gasteiger partial charge is 0.157 e. The van der Waals surface area contributed by atoms with E-state index in [0.717, 1.165) is 18.3 Å². The molecular formula is C16H30O3. The largest absolute Gasteiger partial charge is 0.393 e. The van der Waals surface area contributed by atoms with Crippen LogP contribution >= 0.6 is 0 Å². The average molecular weight is 270 g/mol. The first-order chi connectivity index (χ1) is 8.69. The molecule has 3 nitrogen and oxygen atoms in total. The molecular weight excluding hydrogens is 240 g/mol. The molecule has 0 radical (unpaired) electrons. The van der Waals surface area contributed by atoms with Crippen molar-refractivity contribution >= 4 is 0 Å². The minimum absolute atomic E-state index is 0.340. The van der Waals surface area contributed by atoms with Gasteiger partial charge in [-0.15, -0.1) is 0 Å². The molecule has 6 unspecified atom stereocenters. The minimum Gasteiger partial charge on any atom is -0.393 e. The van der Waals surface area contributed by atoms with Crippen LogP contribution in [0.1, 0.15) is 53.9 Å². The van der Waals surface area contributed by atoms with Crippen LogP contribution in [-0.4, -0.2) is 28.2 Å². The van der Waals surface area contributed by atoms with E-state index in [-0.39, 0.29) is 5.60 Å². The molecule has 2 rings (SSSR count). The molecule has 112 valence electrons. The first-order valence-electron chi connectivity index (χ1n) is 7.73. The Hall–Kier alpha value is -0.120. The number of rotatable bonds is 4. The third kappa shape index (κ3) is 3.32. The fraction of sp³-hybridized carbons (Fsp3) is 1.00. The lowest BCUT2D eigenvalue weighted by atomic mass is 9.73. The molecule has 0 aromatic carbocycles. The normalized spacial score (nSPS) is 41.5. The number of hydrogen-bond donors (Lipinski definition) is 2. The summed E-state index contributed by atoms with van der Waals surface area (Å²) in [7, 11) is 0. The van der Waals surface area contributed by atoms with E-state index < -0.39 is 12.4 Å². The molecule has 19 heavy (non-hydrogen) atoms. The van der Waals surface area contributed by atoms with Crippen molar-refractivity contribution in [2.24, 2.45) is 29.6 Å². The maximum Gasteiger partial charge on any atom is 0.157 e. The van der Waals surface area contributed by atoms with Crippen molar-refractivity contribution in [2.45, 2.75) is 71.9 Å². The van der Waals surface area contributed by atoms with E-state index in [1.807, 2.05) is 20.8 Å². The zero-order chi connectivity index (χ0) is 14.4. The van der Waals surface area contributed by atoms with Crippen molar-refractivity contribution in [3.05, 3.63) is 0 Å². The van der Waals surface area contributed by atoms with Gasteiger partial charge in [0.25, 0.3) is 0 Å². The van der Waals surface area contributed by atoms with E-state index in [1.165, 1.54) is 6.42 Å². The van der Waals surface area contributed by atoms with Crippen molar-refractivity contribution < 1.29 is 14.9 Å². The van der Waals surface area contributed by atoms with E-state index in [9.17, 15) is 10.2 Å². The molecule has 7 atom stereocenters. The molecule has 2 N–H and O–H groups in total. The molecule has 2 aliphatic rings. The Morgan fingerprint density at radius 2 is 1.74 bits per heavy atom. The van der Waals surface area contributed by atoms with Crippen molar-refractivity contribution in [3.63, 3.8) is 0 Å². The average Bonchev–Trinajstić information content (AvgIpc) is 2.77. The Kier molecular flexibility index (Phi) is 4.29. The maximum atomic E-state index is 10.4. The van der Waals surface area contributed by atoms with E-state index in [1.54, 1.807) is 0 Å². The van der Waals surface area contributed by atoms with Gasteiger partial charge in [0, 0.05) is 6.42 Å². The summed E-state index contributed by atoms with van der Waals surface area (Å²) in [6, 6.07) is 0. The Labute approximate surface area is 117 Å². The first-order valence-corrected chi connectivity index (χ1v) is 7.73. The Morgan fingerprint density at radius 3 is 2.21 bits per heavy atom. The fourth-order valence-corrected chi connectivity index (χ4v) is 4.28. The van der Waals surface area contributed by atoms with Gasteiger partial charge in [-0.1, -0.05) is 13.8 Å². The summed E-state index contributed by atoms with van der Waals surface area (Å²) in [5.74, 6) is 3.27. The fourth-order valence-electron chi connectivity index (χ4n) is 4.28. The van der Waals surface area contributed by atoms with Gasteiger partial charge < -0.3 is 14.9 Å². The summed E-state index contributed by atoms with van der Waals surface area (Å²) in [6.07, 6.45) is 1.44. The molecule has 2 fully saturated rings. The predicted molar refractivity (Wildman–Crippen MR) is 75.5 cm³/mol. The van der Waals surface area contributed by atoms with Crippen LogP contribution in [-0.2, 0) is 4.74 Å². The SMILES string of the molecule is CC1C2CC(C(O)C[C@@H](O)OC(C)(C)C)C(C2)C1C. The monoisotopic (exact) mass is 270 g/mol. The molecule has 0 saturated heterocycles. The number of fused-ring (bicyclic) bond motifs is 2. The third-order valence-electron chi connectivity index (χ3n) is 5.37. The number of aliphatic hydroxyl groups is 2. The standard InChI is InChI=1S/C16H30O3/c1-9-10(2)12-6-11(9)7-13(12)14(17)8-15(18)19-16(3,4)5/h9-15,17-18H,6-8H2,1-5H3/t9?,10?,11?,12?,13?,14?,15-/m0/s1. The van der Waals surface area contributed by atoms with Crippen molar-refractivity contribution in [2.75, 3.05) is 0 Å². The van der Waals surface area contributed by atoms with Crippen LogP contribution in [0.3, 0.4) is 0 Å². The van der Waals surface area contributed by atoms with Gasteiger partial charge >= 0.3 is 0 Å². The van der Waals surface area contributed by atoms with Crippen LogP contribution in [0.25, 0.3) is 0 Å². The van der Waals surface area contributed by atoms with Crippen LogP contribution in [0, 0.1) is 29.6 Å². The first kappa shape index (κ1) is 15.3. The summed E-state index contributed by atoms with van der Waals surface area (Å²) in [5.41, 5.74) is -0.365. The van der Waals surface area contributed by atoms with Gasteiger partial charge in [0.15, 0.2) is 6.29 Å². The molecule has 0 aromatic heterocycles. The zero-order valence-electron chi connectivity index (χ0n) is 13.0. The Morgan fingerprint density at radius 1 is 1.11 bits per heavy atom. The third-order valence-corrected chi connectivity index (χ3v) is 5.37. The molecule has 0 aliphatic heterocycles. The predicted octanol–water partition coefficient (Wildman–Crippen LogP) is 2.80. The second kappa shape index (κ2) is 5.34. The Balaban J connectivity index is 1.87. The topological polar surface area (TPSA) is 49.7 Å². The molecule has 2 saturated carbocycles. The molecule has 0 amide bonds. The summed E-state index contributed by atoms with van der Waals surface area (Å²) in [5, 5.41) is 20.3. The molecule has 3 heteroatoms. The number of aliphatic hydroxyl groups excluding tert-OH is 2. The van der Waals surface area contributed by atoms with Gasteiger partial charge in [-0.05, 0) is 63.2 Å². The van der Waals surface area contributed by atoms with Crippen LogP contribution in [0.2, 0.25) is 0 Å². The van der Waals surface area contributed by atoms with Gasteiger partial charge in [0.2, 0.25) is 0 Å². The summed E-state index contributed by atoms with van der Waals surface area (Å²) >= 11 is 0. The van der Waals surface area contributed by atoms with Crippen LogP contribution < -0.4 is 0 Å². The molecule has 2 aliphatic carbocycles. The van der Waals surface area contributed by atoms with E-state index in [4.69, 9.17) is 4.74 Å². The molecule has 0 aromatic rings. The highest BCUT2D eigenvalue weighted by Gasteiger charge is 2.50. The van der Waals surface area contributed by atoms with Crippen molar-refractivity contribution in [1.82, 2.24) is 0 Å². The number of ether oxygens (including phenoxy) is 1. The molecule has 2 bridgehead atoms. The van der Waals surface area contributed by atoms with Gasteiger partial charge in [-0.25, -0.2) is 0 Å². The van der Waals surface area contributed by atoms with E-state index >= 15 is 0 Å². The lowest BCUT2D eigenvalue weighted by molar-refractivity contribution is -0.183. The highest BCUT2D eigenvalue weighted by atomic mass is 16.6.